The zero-order chi connectivity index (χ0) is 20.3. The lowest BCUT2D eigenvalue weighted by Gasteiger charge is -2.17. The Morgan fingerprint density at radius 3 is 2.82 bits per heavy atom. The fourth-order valence-corrected chi connectivity index (χ4v) is 4.07. The molecule has 1 aliphatic carbocycles. The second-order valence-electron chi connectivity index (χ2n) is 6.89. The van der Waals surface area contributed by atoms with Crippen LogP contribution in [0.2, 0.25) is 0 Å². The highest BCUT2D eigenvalue weighted by molar-refractivity contribution is 9.10. The van der Waals surface area contributed by atoms with Gasteiger partial charge in [0.2, 0.25) is 11.8 Å². The maximum atomic E-state index is 12.9. The summed E-state index contributed by atoms with van der Waals surface area (Å²) < 4.78 is 2.44. The van der Waals surface area contributed by atoms with Crippen LogP contribution in [-0.2, 0) is 16.1 Å². The van der Waals surface area contributed by atoms with Gasteiger partial charge in [-0.25, -0.2) is 4.98 Å². The molecule has 0 saturated heterocycles. The molecule has 3 rings (SSSR count). The summed E-state index contributed by atoms with van der Waals surface area (Å²) in [5, 5.41) is 3.94. The van der Waals surface area contributed by atoms with Crippen molar-refractivity contribution in [1.82, 2.24) is 19.8 Å². The Morgan fingerprint density at radius 2 is 2.14 bits per heavy atom. The second kappa shape index (κ2) is 9.09. The third kappa shape index (κ3) is 5.14. The number of hydrogen-bond acceptors (Lipinski definition) is 5. The van der Waals surface area contributed by atoms with Gasteiger partial charge in [-0.2, -0.15) is 0 Å². The van der Waals surface area contributed by atoms with Crippen LogP contribution in [0.15, 0.2) is 32.6 Å². The van der Waals surface area contributed by atoms with E-state index < -0.39 is 0 Å². The number of amides is 2. The Kier molecular flexibility index (Phi) is 6.77. The number of nitrogens with one attached hydrogen (secondary N) is 1. The molecule has 1 saturated carbocycles. The van der Waals surface area contributed by atoms with Crippen LogP contribution in [0, 0.1) is 0 Å². The van der Waals surface area contributed by atoms with Gasteiger partial charge in [-0.05, 0) is 37.5 Å². The Bertz CT molecular complexity index is 958. The highest BCUT2D eigenvalue weighted by atomic mass is 79.9. The Labute approximate surface area is 176 Å². The van der Waals surface area contributed by atoms with Gasteiger partial charge in [0.05, 0.1) is 23.2 Å². The summed E-state index contributed by atoms with van der Waals surface area (Å²) in [7, 11) is 1.61. The van der Waals surface area contributed by atoms with Gasteiger partial charge in [0, 0.05) is 24.1 Å². The molecule has 1 aliphatic rings. The average Bonchev–Trinajstić information content (AvgIpc) is 3.46. The quantitative estimate of drug-likeness (QED) is 0.476. The van der Waals surface area contributed by atoms with Crippen LogP contribution in [0.5, 0.6) is 0 Å². The van der Waals surface area contributed by atoms with Gasteiger partial charge in [-0.15, -0.1) is 0 Å². The van der Waals surface area contributed by atoms with E-state index in [4.69, 9.17) is 0 Å². The number of fused-ring (bicyclic) bond motifs is 1. The predicted octanol–water partition coefficient (Wildman–Crippen LogP) is 2.40. The smallest absolute Gasteiger partial charge is 0.262 e. The van der Waals surface area contributed by atoms with Gasteiger partial charge >= 0.3 is 0 Å². The predicted molar refractivity (Wildman–Crippen MR) is 114 cm³/mol. The van der Waals surface area contributed by atoms with E-state index in [1.54, 1.807) is 23.7 Å². The Balaban J connectivity index is 1.72. The van der Waals surface area contributed by atoms with Gasteiger partial charge in [-0.3, -0.25) is 19.0 Å². The molecule has 150 valence electrons. The third-order valence-corrected chi connectivity index (χ3v) is 5.86. The van der Waals surface area contributed by atoms with Gasteiger partial charge < -0.3 is 10.2 Å². The molecule has 1 N–H and O–H groups in total. The summed E-state index contributed by atoms with van der Waals surface area (Å²) in [6, 6.07) is 5.67. The highest BCUT2D eigenvalue weighted by Crippen LogP contribution is 2.21. The molecule has 0 bridgehead atoms. The van der Waals surface area contributed by atoms with E-state index in [0.717, 1.165) is 23.7 Å². The number of aromatic nitrogens is 2. The van der Waals surface area contributed by atoms with Gasteiger partial charge in [0.1, 0.15) is 0 Å². The lowest BCUT2D eigenvalue weighted by molar-refractivity contribution is -0.132. The number of carbonyl (C=O) groups is 2. The van der Waals surface area contributed by atoms with Crippen molar-refractivity contribution in [2.75, 3.05) is 19.3 Å². The first-order chi connectivity index (χ1) is 13.4. The largest absolute Gasteiger partial charge is 0.352 e. The fraction of sp³-hybridized carbons (Fsp3) is 0.474. The summed E-state index contributed by atoms with van der Waals surface area (Å²) in [6.07, 6.45) is 2.81. The van der Waals surface area contributed by atoms with Crippen molar-refractivity contribution < 1.29 is 9.59 Å². The van der Waals surface area contributed by atoms with E-state index in [9.17, 15) is 14.4 Å². The molecule has 7 nitrogen and oxygen atoms in total. The standard InChI is InChI=1S/C19H23BrN4O3S/c1-3-8-24-18(27)14-9-12(20)4-7-15(14)22-19(24)28-11-17(26)23(2)10-16(25)21-13-5-6-13/h4,7,9,13H,3,5-6,8,10-11H2,1-2H3,(H,21,25). The third-order valence-electron chi connectivity index (χ3n) is 4.40. The summed E-state index contributed by atoms with van der Waals surface area (Å²) in [6.45, 7) is 2.56. The minimum atomic E-state index is -0.177. The molecule has 9 heteroatoms. The molecule has 1 heterocycles. The Hall–Kier alpha value is -1.87. The SMILES string of the molecule is CCCn1c(SCC(=O)N(C)CC(=O)NC2CC2)nc2ccc(Br)cc2c1=O. The van der Waals surface area contributed by atoms with Crippen LogP contribution in [0.3, 0.4) is 0 Å². The van der Waals surface area contributed by atoms with Crippen LogP contribution in [-0.4, -0.2) is 51.7 Å². The molecule has 2 aromatic rings. The lowest BCUT2D eigenvalue weighted by Crippen LogP contribution is -2.39. The molecule has 2 amide bonds. The van der Waals surface area contributed by atoms with Gasteiger partial charge in [0.25, 0.3) is 5.56 Å². The number of nitrogens with zero attached hydrogens (tertiary/aromatic N) is 3. The van der Waals surface area contributed by atoms with Crippen molar-refractivity contribution in [3.05, 3.63) is 33.0 Å². The number of benzene rings is 1. The van der Waals surface area contributed by atoms with Gasteiger partial charge in [0.15, 0.2) is 5.16 Å². The van der Waals surface area contributed by atoms with Crippen LogP contribution in [0.25, 0.3) is 10.9 Å². The number of thioether (sulfide) groups is 1. The van der Waals surface area contributed by atoms with Crippen molar-refractivity contribution in [1.29, 1.82) is 0 Å². The Morgan fingerprint density at radius 1 is 1.39 bits per heavy atom. The molecule has 28 heavy (non-hydrogen) atoms. The van der Waals surface area contributed by atoms with E-state index in [1.165, 1.54) is 16.7 Å². The molecule has 0 unspecified atom stereocenters. The van der Waals surface area contributed by atoms with E-state index in [0.29, 0.717) is 22.6 Å². The normalized spacial score (nSPS) is 13.5. The molecule has 1 fully saturated rings. The number of carbonyl (C=O) groups excluding carboxylic acids is 2. The summed E-state index contributed by atoms with van der Waals surface area (Å²) in [5.41, 5.74) is 0.493. The van der Waals surface area contributed by atoms with Crippen molar-refractivity contribution in [2.45, 2.75) is 43.9 Å². The van der Waals surface area contributed by atoms with Crippen LogP contribution in [0.4, 0.5) is 0 Å². The molecule has 0 spiro atoms. The first-order valence-corrected chi connectivity index (χ1v) is 11.0. The molecular weight excluding hydrogens is 444 g/mol. The van der Waals surface area contributed by atoms with Crippen molar-refractivity contribution in [3.63, 3.8) is 0 Å². The van der Waals surface area contributed by atoms with Crippen LogP contribution < -0.4 is 10.9 Å². The van der Waals surface area contributed by atoms with Crippen molar-refractivity contribution in [2.24, 2.45) is 0 Å². The summed E-state index contributed by atoms with van der Waals surface area (Å²) in [4.78, 5) is 43.1. The molecule has 0 radical (unpaired) electrons. The maximum Gasteiger partial charge on any atom is 0.262 e. The molecule has 1 aromatic heterocycles. The van der Waals surface area contributed by atoms with Crippen LogP contribution >= 0.6 is 27.7 Å². The first kappa shape index (κ1) is 20.9. The van der Waals surface area contributed by atoms with E-state index in [2.05, 4.69) is 26.2 Å². The number of likely N-dealkylation sites (N-methyl/N-ethyl adjacent to an activating group) is 1. The van der Waals surface area contributed by atoms with E-state index in [-0.39, 0.29) is 35.7 Å². The van der Waals surface area contributed by atoms with Gasteiger partial charge in [-0.1, -0.05) is 34.6 Å². The minimum absolute atomic E-state index is 0.0385. The average molecular weight is 467 g/mol. The summed E-state index contributed by atoms with van der Waals surface area (Å²) in [5.74, 6) is -0.199. The fourth-order valence-electron chi connectivity index (χ4n) is 2.74. The molecule has 1 aromatic carbocycles. The van der Waals surface area contributed by atoms with Crippen LogP contribution in [0.1, 0.15) is 26.2 Å². The maximum absolute atomic E-state index is 12.9. The van der Waals surface area contributed by atoms with E-state index >= 15 is 0 Å². The number of halogens is 1. The molecule has 0 aliphatic heterocycles. The minimum Gasteiger partial charge on any atom is -0.352 e. The van der Waals surface area contributed by atoms with E-state index in [1.807, 2.05) is 13.0 Å². The molecule has 0 atom stereocenters. The van der Waals surface area contributed by atoms with Crippen molar-refractivity contribution in [3.8, 4) is 0 Å². The number of rotatable bonds is 8. The zero-order valence-corrected chi connectivity index (χ0v) is 18.3. The monoisotopic (exact) mass is 466 g/mol. The topological polar surface area (TPSA) is 84.3 Å². The molecular formula is C19H23BrN4O3S. The highest BCUT2D eigenvalue weighted by Gasteiger charge is 2.24. The first-order valence-electron chi connectivity index (χ1n) is 9.25. The van der Waals surface area contributed by atoms with Crippen molar-refractivity contribution >= 4 is 50.4 Å². The second-order valence-corrected chi connectivity index (χ2v) is 8.75. The summed E-state index contributed by atoms with van der Waals surface area (Å²) >= 11 is 4.62. The zero-order valence-electron chi connectivity index (χ0n) is 15.9. The number of hydrogen-bond donors (Lipinski definition) is 1. The lowest BCUT2D eigenvalue weighted by atomic mass is 10.2.